The Balaban J connectivity index is 2.20. The quantitative estimate of drug-likeness (QED) is 0.617. The number of nitrogens with one attached hydrogen (secondary N) is 1. The molecule has 0 aliphatic carbocycles. The van der Waals surface area contributed by atoms with Gasteiger partial charge in [-0.2, -0.15) is 0 Å². The van der Waals surface area contributed by atoms with Gasteiger partial charge in [0, 0.05) is 24.8 Å². The van der Waals surface area contributed by atoms with Crippen molar-refractivity contribution < 1.29 is 38.9 Å². The number of alkyl carbamates (subject to hydrolysis) is 1. The molecule has 0 saturated carbocycles. The van der Waals surface area contributed by atoms with Crippen LogP contribution in [0.1, 0.15) is 47.2 Å². The van der Waals surface area contributed by atoms with Crippen molar-refractivity contribution in [1.29, 1.82) is 0 Å². The highest BCUT2D eigenvalue weighted by atomic mass is 16.7. The molecule has 0 fully saturated rings. The molecule has 1 amide bonds. The highest BCUT2D eigenvalue weighted by molar-refractivity contribution is 5.82. The zero-order valence-corrected chi connectivity index (χ0v) is 18.8. The summed E-state index contributed by atoms with van der Waals surface area (Å²) in [5.41, 5.74) is -1.28. The molecule has 3 N–H and O–H groups in total. The summed E-state index contributed by atoms with van der Waals surface area (Å²) in [6.45, 7) is 10.1. The average molecular weight is 452 g/mol. The van der Waals surface area contributed by atoms with E-state index in [9.17, 15) is 24.6 Å². The molecule has 0 aliphatic rings. The van der Waals surface area contributed by atoms with Gasteiger partial charge in [-0.05, 0) is 41.5 Å². The number of carbonyl (C=O) groups excluding carboxylic acids is 3. The van der Waals surface area contributed by atoms with Gasteiger partial charge < -0.3 is 29.8 Å². The van der Waals surface area contributed by atoms with E-state index in [1.807, 2.05) is 0 Å². The van der Waals surface area contributed by atoms with Gasteiger partial charge in [0.25, 0.3) is 0 Å². The lowest BCUT2D eigenvalue weighted by atomic mass is 10.1. The zero-order chi connectivity index (χ0) is 24.3. The van der Waals surface area contributed by atoms with Gasteiger partial charge in [-0.3, -0.25) is 0 Å². The van der Waals surface area contributed by atoms with Crippen LogP contribution in [0.15, 0.2) is 24.7 Å². The third kappa shape index (κ3) is 7.22. The molecule has 0 unspecified atom stereocenters. The molecule has 0 aromatic carbocycles. The summed E-state index contributed by atoms with van der Waals surface area (Å²) in [7, 11) is 0. The molecule has 32 heavy (non-hydrogen) atoms. The SMILES string of the molecule is CC(C)(C)OC(=O)N[C@@H](Cc1cn(C(=O)OC(C)(C)C)cn1)C(=O)On1c(O)ccc1O. The fourth-order valence-electron chi connectivity index (χ4n) is 2.38. The fraction of sp³-hybridized carbons (Fsp3) is 0.500. The van der Waals surface area contributed by atoms with Gasteiger partial charge >= 0.3 is 18.2 Å². The van der Waals surface area contributed by atoms with E-state index in [2.05, 4.69) is 10.3 Å². The Morgan fingerprint density at radius 2 is 1.59 bits per heavy atom. The maximum Gasteiger partial charge on any atom is 0.419 e. The smallest absolute Gasteiger partial charge is 0.419 e. The van der Waals surface area contributed by atoms with Gasteiger partial charge in [-0.25, -0.2) is 23.9 Å². The first-order valence-corrected chi connectivity index (χ1v) is 9.72. The Hall–Kier alpha value is -3.70. The van der Waals surface area contributed by atoms with Gasteiger partial charge in [0.1, 0.15) is 23.6 Å². The van der Waals surface area contributed by atoms with Crippen LogP contribution < -0.4 is 10.2 Å². The van der Waals surface area contributed by atoms with E-state index in [1.165, 1.54) is 12.5 Å². The second kappa shape index (κ2) is 9.20. The van der Waals surface area contributed by atoms with E-state index in [0.717, 1.165) is 16.7 Å². The highest BCUT2D eigenvalue weighted by Crippen LogP contribution is 2.19. The third-order valence-corrected chi connectivity index (χ3v) is 3.61. The van der Waals surface area contributed by atoms with E-state index in [1.54, 1.807) is 41.5 Å². The van der Waals surface area contributed by atoms with Crippen LogP contribution in [0.2, 0.25) is 0 Å². The molecule has 12 heteroatoms. The number of amides is 1. The van der Waals surface area contributed by atoms with Gasteiger partial charge in [-0.15, -0.1) is 4.73 Å². The molecule has 2 aromatic heterocycles. The van der Waals surface area contributed by atoms with Crippen molar-refractivity contribution in [2.75, 3.05) is 0 Å². The Bertz CT molecular complexity index is 961. The molecule has 0 radical (unpaired) electrons. The van der Waals surface area contributed by atoms with Crippen LogP contribution in [0, 0.1) is 0 Å². The summed E-state index contributed by atoms with van der Waals surface area (Å²) in [6.07, 6.45) is 0.805. The van der Waals surface area contributed by atoms with Crippen LogP contribution in [-0.4, -0.2) is 59.9 Å². The number of hydrogen-bond donors (Lipinski definition) is 3. The van der Waals surface area contributed by atoms with Crippen LogP contribution in [-0.2, 0) is 20.7 Å². The summed E-state index contributed by atoms with van der Waals surface area (Å²) in [5, 5.41) is 21.8. The number of hydrogen-bond acceptors (Lipinski definition) is 9. The largest absolute Gasteiger partial charge is 0.492 e. The Morgan fingerprint density at radius 3 is 2.12 bits per heavy atom. The minimum atomic E-state index is -1.33. The van der Waals surface area contributed by atoms with Gasteiger partial charge in [-0.1, -0.05) is 0 Å². The van der Waals surface area contributed by atoms with Crippen molar-refractivity contribution >= 4 is 18.2 Å². The maximum absolute atomic E-state index is 12.7. The number of aromatic nitrogens is 3. The molecule has 176 valence electrons. The van der Waals surface area contributed by atoms with Crippen molar-refractivity contribution in [2.45, 2.75) is 65.2 Å². The molecule has 0 saturated heterocycles. The zero-order valence-electron chi connectivity index (χ0n) is 18.8. The topological polar surface area (TPSA) is 154 Å². The lowest BCUT2D eigenvalue weighted by molar-refractivity contribution is -0.148. The van der Waals surface area contributed by atoms with Crippen LogP contribution in [0.25, 0.3) is 0 Å². The molecular weight excluding hydrogens is 424 g/mol. The van der Waals surface area contributed by atoms with Crippen molar-refractivity contribution in [3.05, 3.63) is 30.4 Å². The van der Waals surface area contributed by atoms with Crippen LogP contribution in [0.3, 0.4) is 0 Å². The molecule has 2 rings (SSSR count). The Morgan fingerprint density at radius 1 is 1.03 bits per heavy atom. The van der Waals surface area contributed by atoms with Crippen LogP contribution >= 0.6 is 0 Å². The van der Waals surface area contributed by atoms with Crippen molar-refractivity contribution in [1.82, 2.24) is 19.6 Å². The summed E-state index contributed by atoms with van der Waals surface area (Å²) in [5.74, 6) is -2.08. The normalized spacial score (nSPS) is 12.7. The number of imidazole rings is 1. The minimum Gasteiger partial charge on any atom is -0.492 e. The van der Waals surface area contributed by atoms with Crippen molar-refractivity contribution in [2.24, 2.45) is 0 Å². The molecule has 2 heterocycles. The van der Waals surface area contributed by atoms with E-state index >= 15 is 0 Å². The third-order valence-electron chi connectivity index (χ3n) is 3.61. The molecule has 2 aromatic rings. The first kappa shape index (κ1) is 24.6. The van der Waals surface area contributed by atoms with Crippen LogP contribution in [0.5, 0.6) is 11.8 Å². The van der Waals surface area contributed by atoms with E-state index in [0.29, 0.717) is 4.73 Å². The number of aromatic hydroxyl groups is 2. The standard InChI is InChI=1S/C20H28N4O8/c1-19(2,3)30-17(28)22-13(16(27)32-24-14(25)7-8-15(24)26)9-12-10-23(11-21-12)18(29)31-20(4,5)6/h7-8,10-11,13,25-26H,9H2,1-6H3,(H,22,28)/t13-/m0/s1. The number of ether oxygens (including phenoxy) is 2. The second-order valence-electron chi connectivity index (χ2n) is 8.91. The lowest BCUT2D eigenvalue weighted by Crippen LogP contribution is -2.47. The average Bonchev–Trinajstić information content (AvgIpc) is 3.20. The fourth-order valence-corrected chi connectivity index (χ4v) is 2.38. The summed E-state index contributed by atoms with van der Waals surface area (Å²) >= 11 is 0. The molecule has 12 nitrogen and oxygen atoms in total. The second-order valence-corrected chi connectivity index (χ2v) is 8.91. The lowest BCUT2D eigenvalue weighted by Gasteiger charge is -2.22. The van der Waals surface area contributed by atoms with Crippen LogP contribution in [0.4, 0.5) is 9.59 Å². The number of carbonyl (C=O) groups is 3. The molecule has 0 spiro atoms. The van der Waals surface area contributed by atoms with E-state index in [4.69, 9.17) is 14.3 Å². The van der Waals surface area contributed by atoms with Crippen molar-refractivity contribution in [3.8, 4) is 11.8 Å². The van der Waals surface area contributed by atoms with Gasteiger partial charge in [0.05, 0.1) is 5.69 Å². The number of nitrogens with zero attached hydrogens (tertiary/aromatic N) is 3. The number of rotatable bonds is 5. The van der Waals surface area contributed by atoms with Gasteiger partial charge in [0.2, 0.25) is 11.8 Å². The summed E-state index contributed by atoms with van der Waals surface area (Å²) in [4.78, 5) is 46.1. The predicted octanol–water partition coefficient (Wildman–Crippen LogP) is 1.97. The van der Waals surface area contributed by atoms with E-state index in [-0.39, 0.29) is 12.1 Å². The highest BCUT2D eigenvalue weighted by Gasteiger charge is 2.29. The van der Waals surface area contributed by atoms with E-state index < -0.39 is 47.2 Å². The summed E-state index contributed by atoms with van der Waals surface area (Å²) in [6, 6.07) is 0.899. The summed E-state index contributed by atoms with van der Waals surface area (Å²) < 4.78 is 12.0. The Labute approximate surface area is 184 Å². The first-order chi connectivity index (χ1) is 14.6. The predicted molar refractivity (Wildman–Crippen MR) is 110 cm³/mol. The molecular formula is C20H28N4O8. The van der Waals surface area contributed by atoms with Crippen molar-refractivity contribution in [3.63, 3.8) is 0 Å². The maximum atomic E-state index is 12.7. The monoisotopic (exact) mass is 452 g/mol. The molecule has 0 bridgehead atoms. The minimum absolute atomic E-state index is 0.184. The Kier molecular flexibility index (Phi) is 7.06. The molecule has 1 atom stereocenters. The van der Waals surface area contributed by atoms with Gasteiger partial charge in [0.15, 0.2) is 0 Å². The first-order valence-electron chi connectivity index (χ1n) is 9.72. The molecule has 0 aliphatic heterocycles.